The number of amides is 2. The van der Waals surface area contributed by atoms with Crippen LogP contribution in [0, 0.1) is 12.3 Å². The van der Waals surface area contributed by atoms with Crippen LogP contribution in [0.25, 0.3) is 0 Å². The number of benzene rings is 2. The Morgan fingerprint density at radius 3 is 2.41 bits per heavy atom. The molecule has 2 aromatic rings. The molecule has 0 radical (unpaired) electrons. The highest BCUT2D eigenvalue weighted by Crippen LogP contribution is 2.49. The van der Waals surface area contributed by atoms with Gasteiger partial charge in [-0.25, -0.2) is 0 Å². The molecule has 1 spiro atoms. The first-order valence-corrected chi connectivity index (χ1v) is 10.7. The van der Waals surface area contributed by atoms with E-state index in [1.807, 2.05) is 30.0 Å². The lowest BCUT2D eigenvalue weighted by Crippen LogP contribution is -2.53. The van der Waals surface area contributed by atoms with Crippen molar-refractivity contribution < 1.29 is 9.59 Å². The Kier molecular flexibility index (Phi) is 5.44. The molecule has 2 aliphatic rings. The lowest BCUT2D eigenvalue weighted by Gasteiger charge is -2.49. The summed E-state index contributed by atoms with van der Waals surface area (Å²) in [6, 6.07) is 18.6. The molecule has 2 amide bonds. The van der Waals surface area contributed by atoms with E-state index in [2.05, 4.69) is 48.6 Å². The van der Waals surface area contributed by atoms with Crippen LogP contribution < -0.4 is 5.32 Å². The van der Waals surface area contributed by atoms with Gasteiger partial charge in [0.05, 0.1) is 5.92 Å². The van der Waals surface area contributed by atoms with E-state index < -0.39 is 0 Å². The molecular weight excluding hydrogens is 360 g/mol. The van der Waals surface area contributed by atoms with Gasteiger partial charge < -0.3 is 10.2 Å². The summed E-state index contributed by atoms with van der Waals surface area (Å²) < 4.78 is 0. The Morgan fingerprint density at radius 2 is 1.72 bits per heavy atom. The first-order valence-electron chi connectivity index (χ1n) is 10.7. The lowest BCUT2D eigenvalue weighted by molar-refractivity contribution is -0.136. The minimum absolute atomic E-state index is 0.0492. The second kappa shape index (κ2) is 8.02. The van der Waals surface area contributed by atoms with Crippen LogP contribution in [0.1, 0.15) is 54.7 Å². The van der Waals surface area contributed by atoms with Crippen molar-refractivity contribution in [3.8, 4) is 0 Å². The summed E-state index contributed by atoms with van der Waals surface area (Å²) in [4.78, 5) is 27.5. The SMILES string of the molecule is Cc1ccccc1[C@H](C)C(=O)N1CCC2(CC1)CC(=O)NC[C@@H]2c1ccccc1. The minimum atomic E-state index is -0.134. The van der Waals surface area contributed by atoms with Gasteiger partial charge in [0.15, 0.2) is 0 Å². The maximum Gasteiger partial charge on any atom is 0.229 e. The molecule has 2 atom stereocenters. The largest absolute Gasteiger partial charge is 0.355 e. The Labute approximate surface area is 173 Å². The Hall–Kier alpha value is -2.62. The fourth-order valence-electron chi connectivity index (χ4n) is 5.27. The summed E-state index contributed by atoms with van der Waals surface area (Å²) in [5.41, 5.74) is 3.51. The molecule has 0 bridgehead atoms. The normalized spacial score (nSPS) is 22.2. The Balaban J connectivity index is 1.50. The predicted octanol–water partition coefficient (Wildman–Crippen LogP) is 4.01. The van der Waals surface area contributed by atoms with Crippen molar-refractivity contribution in [2.24, 2.45) is 5.41 Å². The highest BCUT2D eigenvalue weighted by Gasteiger charge is 2.47. The molecule has 4 rings (SSSR count). The van der Waals surface area contributed by atoms with E-state index in [0.717, 1.165) is 37.1 Å². The van der Waals surface area contributed by atoms with E-state index in [1.54, 1.807) is 0 Å². The maximum atomic E-state index is 13.2. The molecule has 29 heavy (non-hydrogen) atoms. The van der Waals surface area contributed by atoms with Crippen molar-refractivity contribution in [2.45, 2.75) is 44.9 Å². The van der Waals surface area contributed by atoms with Crippen molar-refractivity contribution >= 4 is 11.8 Å². The van der Waals surface area contributed by atoms with Gasteiger partial charge in [-0.1, -0.05) is 54.6 Å². The molecule has 2 aliphatic heterocycles. The molecular formula is C25H30N2O2. The van der Waals surface area contributed by atoms with Crippen LogP contribution >= 0.6 is 0 Å². The summed E-state index contributed by atoms with van der Waals surface area (Å²) in [6.45, 7) is 6.22. The number of hydrogen-bond donors (Lipinski definition) is 1. The molecule has 0 aliphatic carbocycles. The zero-order valence-electron chi connectivity index (χ0n) is 17.4. The number of carbonyl (C=O) groups excluding carboxylic acids is 2. The lowest BCUT2D eigenvalue weighted by atomic mass is 9.62. The smallest absolute Gasteiger partial charge is 0.229 e. The summed E-state index contributed by atoms with van der Waals surface area (Å²) in [5, 5.41) is 3.06. The van der Waals surface area contributed by atoms with E-state index in [-0.39, 0.29) is 23.1 Å². The second-order valence-electron chi connectivity index (χ2n) is 8.71. The Morgan fingerprint density at radius 1 is 1.07 bits per heavy atom. The molecule has 2 fully saturated rings. The fraction of sp³-hybridized carbons (Fsp3) is 0.440. The van der Waals surface area contributed by atoms with E-state index in [1.165, 1.54) is 5.56 Å². The third-order valence-electron chi connectivity index (χ3n) is 7.05. The third-order valence-corrected chi connectivity index (χ3v) is 7.05. The third kappa shape index (κ3) is 3.81. The highest BCUT2D eigenvalue weighted by molar-refractivity contribution is 5.84. The van der Waals surface area contributed by atoms with E-state index in [0.29, 0.717) is 18.9 Å². The molecule has 1 N–H and O–H groups in total. The van der Waals surface area contributed by atoms with Crippen molar-refractivity contribution in [3.05, 3.63) is 71.3 Å². The highest BCUT2D eigenvalue weighted by atomic mass is 16.2. The number of rotatable bonds is 3. The van der Waals surface area contributed by atoms with Gasteiger partial charge in [0, 0.05) is 32.0 Å². The molecule has 0 saturated carbocycles. The number of likely N-dealkylation sites (tertiary alicyclic amines) is 1. The first kappa shape index (κ1) is 19.7. The minimum Gasteiger partial charge on any atom is -0.355 e. The van der Waals surface area contributed by atoms with E-state index in [9.17, 15) is 9.59 Å². The fourth-order valence-corrected chi connectivity index (χ4v) is 5.27. The molecule has 0 aromatic heterocycles. The maximum absolute atomic E-state index is 13.2. The summed E-state index contributed by atoms with van der Waals surface area (Å²) in [6.07, 6.45) is 2.32. The van der Waals surface area contributed by atoms with Crippen LogP contribution in [0.3, 0.4) is 0 Å². The zero-order valence-corrected chi connectivity index (χ0v) is 17.4. The predicted molar refractivity (Wildman–Crippen MR) is 115 cm³/mol. The van der Waals surface area contributed by atoms with Crippen molar-refractivity contribution in [1.82, 2.24) is 10.2 Å². The van der Waals surface area contributed by atoms with Crippen molar-refractivity contribution in [1.29, 1.82) is 0 Å². The molecule has 0 unspecified atom stereocenters. The average molecular weight is 391 g/mol. The quantitative estimate of drug-likeness (QED) is 0.861. The van der Waals surface area contributed by atoms with Crippen LogP contribution in [-0.4, -0.2) is 36.3 Å². The van der Waals surface area contributed by atoms with Gasteiger partial charge in [0.2, 0.25) is 11.8 Å². The first-order chi connectivity index (χ1) is 14.0. The molecule has 4 heteroatoms. The van der Waals surface area contributed by atoms with Gasteiger partial charge in [-0.3, -0.25) is 9.59 Å². The number of carbonyl (C=O) groups is 2. The van der Waals surface area contributed by atoms with Gasteiger partial charge in [-0.15, -0.1) is 0 Å². The van der Waals surface area contributed by atoms with Gasteiger partial charge in [0.25, 0.3) is 0 Å². The summed E-state index contributed by atoms with van der Waals surface area (Å²) in [5.74, 6) is 0.521. The number of nitrogens with zero attached hydrogens (tertiary/aromatic N) is 1. The van der Waals surface area contributed by atoms with Gasteiger partial charge in [-0.05, 0) is 48.8 Å². The van der Waals surface area contributed by atoms with Gasteiger partial charge in [-0.2, -0.15) is 0 Å². The van der Waals surface area contributed by atoms with Gasteiger partial charge >= 0.3 is 0 Å². The molecule has 2 saturated heterocycles. The summed E-state index contributed by atoms with van der Waals surface area (Å²) in [7, 11) is 0. The number of aryl methyl sites for hydroxylation is 1. The van der Waals surface area contributed by atoms with Crippen LogP contribution in [0.4, 0.5) is 0 Å². The molecule has 4 nitrogen and oxygen atoms in total. The van der Waals surface area contributed by atoms with Crippen LogP contribution in [-0.2, 0) is 9.59 Å². The monoisotopic (exact) mass is 390 g/mol. The van der Waals surface area contributed by atoms with Crippen LogP contribution in [0.15, 0.2) is 54.6 Å². The van der Waals surface area contributed by atoms with E-state index in [4.69, 9.17) is 0 Å². The van der Waals surface area contributed by atoms with Crippen molar-refractivity contribution in [2.75, 3.05) is 19.6 Å². The molecule has 2 aromatic carbocycles. The molecule has 152 valence electrons. The number of hydrogen-bond acceptors (Lipinski definition) is 2. The van der Waals surface area contributed by atoms with Crippen molar-refractivity contribution in [3.63, 3.8) is 0 Å². The number of piperidine rings is 2. The zero-order chi connectivity index (χ0) is 20.4. The summed E-state index contributed by atoms with van der Waals surface area (Å²) >= 11 is 0. The van der Waals surface area contributed by atoms with Crippen LogP contribution in [0.5, 0.6) is 0 Å². The molecule has 2 heterocycles. The van der Waals surface area contributed by atoms with Gasteiger partial charge in [0.1, 0.15) is 0 Å². The topological polar surface area (TPSA) is 49.4 Å². The standard InChI is InChI=1S/C25H30N2O2/c1-18-8-6-7-11-21(18)19(2)24(29)27-14-12-25(13-15-27)16-23(28)26-17-22(25)20-9-4-3-5-10-20/h3-11,19,22H,12-17H2,1-2H3,(H,26,28)/t19-,22+/m0/s1. The van der Waals surface area contributed by atoms with E-state index >= 15 is 0 Å². The second-order valence-corrected chi connectivity index (χ2v) is 8.71. The average Bonchev–Trinajstić information content (AvgIpc) is 2.74. The number of nitrogens with one attached hydrogen (secondary N) is 1. The van der Waals surface area contributed by atoms with Crippen LogP contribution in [0.2, 0.25) is 0 Å². The Bertz CT molecular complexity index is 885.